The lowest BCUT2D eigenvalue weighted by Gasteiger charge is -2.39. The molecule has 1 fully saturated rings. The molecule has 2 aromatic rings. The predicted molar refractivity (Wildman–Crippen MR) is 85.3 cm³/mol. The van der Waals surface area contributed by atoms with Crippen molar-refractivity contribution in [3.8, 4) is 0 Å². The lowest BCUT2D eigenvalue weighted by molar-refractivity contribution is -0.00268. The average Bonchev–Trinajstić information content (AvgIpc) is 2.78. The molecule has 0 aliphatic carbocycles. The quantitative estimate of drug-likeness (QED) is 0.795. The van der Waals surface area contributed by atoms with Crippen molar-refractivity contribution >= 4 is 33.4 Å². The molecule has 22 heavy (non-hydrogen) atoms. The molecule has 2 heterocycles. The Morgan fingerprint density at radius 2 is 2.05 bits per heavy atom. The second-order valence-electron chi connectivity index (χ2n) is 6.33. The second kappa shape index (κ2) is 5.35. The maximum atomic E-state index is 12.6. The molecule has 0 N–H and O–H groups in total. The highest BCUT2D eigenvalue weighted by Crippen LogP contribution is 2.28. The summed E-state index contributed by atoms with van der Waals surface area (Å²) in [6, 6.07) is 7.19. The number of aromatic nitrogens is 1. The Morgan fingerprint density at radius 3 is 2.64 bits per heavy atom. The van der Waals surface area contributed by atoms with Gasteiger partial charge in [0.15, 0.2) is 5.01 Å². The number of carbonyl (C=O) groups excluding carboxylic acids is 2. The second-order valence-corrected chi connectivity index (χ2v) is 7.36. The third kappa shape index (κ3) is 2.83. The van der Waals surface area contributed by atoms with Crippen molar-refractivity contribution in [3.63, 3.8) is 0 Å². The van der Waals surface area contributed by atoms with Gasteiger partial charge in [0.25, 0.3) is 0 Å². The minimum absolute atomic E-state index is 0.0988. The van der Waals surface area contributed by atoms with Crippen LogP contribution in [0.4, 0.5) is 4.79 Å². The van der Waals surface area contributed by atoms with Gasteiger partial charge in [-0.2, -0.15) is 0 Å². The molecule has 0 spiro atoms. The monoisotopic (exact) mass is 318 g/mol. The molecule has 0 bridgehead atoms. The standard InChI is InChI=1S/C16H18N2O3S/c1-16(2,3)21-15(20)18-9-8-11(18)13(19)14-17-10-6-4-5-7-12(10)22-14/h4-7,11H,8-9H2,1-3H3. The molecule has 6 heteroatoms. The van der Waals surface area contributed by atoms with E-state index in [0.29, 0.717) is 18.0 Å². The van der Waals surface area contributed by atoms with Gasteiger partial charge in [0, 0.05) is 6.54 Å². The van der Waals surface area contributed by atoms with E-state index < -0.39 is 17.7 Å². The molecule has 0 radical (unpaired) electrons. The first-order valence-corrected chi connectivity index (χ1v) is 8.06. The van der Waals surface area contributed by atoms with E-state index in [0.717, 1.165) is 10.2 Å². The minimum atomic E-state index is -0.559. The van der Waals surface area contributed by atoms with Crippen LogP contribution >= 0.6 is 11.3 Å². The summed E-state index contributed by atoms with van der Waals surface area (Å²) in [6.45, 7) is 6.00. The Kier molecular flexibility index (Phi) is 3.64. The molecule has 5 nitrogen and oxygen atoms in total. The Morgan fingerprint density at radius 1 is 1.32 bits per heavy atom. The molecule has 1 unspecified atom stereocenters. The molecule has 1 aromatic heterocycles. The number of hydrogen-bond donors (Lipinski definition) is 0. The minimum Gasteiger partial charge on any atom is -0.444 e. The zero-order chi connectivity index (χ0) is 15.9. The fraction of sp³-hybridized carbons (Fsp3) is 0.438. The summed E-state index contributed by atoms with van der Waals surface area (Å²) < 4.78 is 6.32. The lowest BCUT2D eigenvalue weighted by atomic mass is 9.99. The summed E-state index contributed by atoms with van der Waals surface area (Å²) in [5, 5.41) is 0.458. The van der Waals surface area contributed by atoms with Gasteiger partial charge in [0.2, 0.25) is 5.78 Å². The molecular weight excluding hydrogens is 300 g/mol. The average molecular weight is 318 g/mol. The van der Waals surface area contributed by atoms with Crippen LogP contribution in [0.2, 0.25) is 0 Å². The highest BCUT2D eigenvalue weighted by atomic mass is 32.1. The number of ketones is 1. The van der Waals surface area contributed by atoms with E-state index >= 15 is 0 Å². The fourth-order valence-corrected chi connectivity index (χ4v) is 3.27. The number of Topliss-reactive ketones (excluding diaryl/α,β-unsaturated/α-hetero) is 1. The van der Waals surface area contributed by atoms with Crippen molar-refractivity contribution in [2.75, 3.05) is 6.54 Å². The van der Waals surface area contributed by atoms with E-state index in [1.807, 2.05) is 45.0 Å². The van der Waals surface area contributed by atoms with E-state index in [4.69, 9.17) is 4.74 Å². The van der Waals surface area contributed by atoms with Crippen LogP contribution in [0.25, 0.3) is 10.2 Å². The van der Waals surface area contributed by atoms with E-state index in [1.54, 1.807) is 0 Å². The summed E-state index contributed by atoms with van der Waals surface area (Å²) >= 11 is 1.37. The number of benzene rings is 1. The van der Waals surface area contributed by atoms with Crippen molar-refractivity contribution in [1.29, 1.82) is 0 Å². The zero-order valence-corrected chi connectivity index (χ0v) is 13.6. The number of rotatable bonds is 2. The van der Waals surface area contributed by atoms with Gasteiger partial charge >= 0.3 is 6.09 Å². The van der Waals surface area contributed by atoms with Crippen LogP contribution in [0, 0.1) is 0 Å². The Labute approximate surface area is 132 Å². The summed E-state index contributed by atoms with van der Waals surface area (Å²) in [5.74, 6) is -0.0988. The fourth-order valence-electron chi connectivity index (χ4n) is 2.32. The van der Waals surface area contributed by atoms with Gasteiger partial charge in [0.05, 0.1) is 10.2 Å². The van der Waals surface area contributed by atoms with Crippen molar-refractivity contribution in [2.45, 2.75) is 38.8 Å². The van der Waals surface area contributed by atoms with Crippen LogP contribution in [-0.4, -0.2) is 39.9 Å². The molecule has 0 saturated carbocycles. The number of para-hydroxylation sites is 1. The van der Waals surface area contributed by atoms with E-state index in [9.17, 15) is 9.59 Å². The molecule has 1 aliphatic heterocycles. The molecular formula is C16H18N2O3S. The lowest BCUT2D eigenvalue weighted by Crippen LogP contribution is -2.56. The van der Waals surface area contributed by atoms with Gasteiger partial charge in [0.1, 0.15) is 11.6 Å². The smallest absolute Gasteiger partial charge is 0.410 e. The third-order valence-corrected chi connectivity index (χ3v) is 4.51. The van der Waals surface area contributed by atoms with Gasteiger partial charge in [-0.1, -0.05) is 12.1 Å². The summed E-state index contributed by atoms with van der Waals surface area (Å²) in [7, 11) is 0. The molecule has 1 atom stereocenters. The van der Waals surface area contributed by atoms with Crippen molar-refractivity contribution in [1.82, 2.24) is 9.88 Å². The number of thiazole rings is 1. The molecule has 1 aromatic carbocycles. The maximum absolute atomic E-state index is 12.6. The number of hydrogen-bond acceptors (Lipinski definition) is 5. The molecule has 1 aliphatic rings. The van der Waals surface area contributed by atoms with Gasteiger partial charge in [-0.3, -0.25) is 9.69 Å². The maximum Gasteiger partial charge on any atom is 0.410 e. The van der Waals surface area contributed by atoms with Crippen molar-refractivity contribution in [2.24, 2.45) is 0 Å². The zero-order valence-electron chi connectivity index (χ0n) is 12.8. The van der Waals surface area contributed by atoms with Gasteiger partial charge in [-0.15, -0.1) is 11.3 Å². The van der Waals surface area contributed by atoms with Crippen LogP contribution in [0.15, 0.2) is 24.3 Å². The van der Waals surface area contributed by atoms with Gasteiger partial charge in [-0.05, 0) is 39.3 Å². The number of carbonyl (C=O) groups is 2. The van der Waals surface area contributed by atoms with Crippen LogP contribution in [0.1, 0.15) is 37.0 Å². The first-order chi connectivity index (χ1) is 10.3. The SMILES string of the molecule is CC(C)(C)OC(=O)N1CCC1C(=O)c1nc2ccccc2s1. The number of amides is 1. The van der Waals surface area contributed by atoms with Crippen molar-refractivity contribution < 1.29 is 14.3 Å². The van der Waals surface area contributed by atoms with E-state index in [1.165, 1.54) is 16.2 Å². The molecule has 1 saturated heterocycles. The summed E-state index contributed by atoms with van der Waals surface area (Å²) in [4.78, 5) is 30.5. The Hall–Kier alpha value is -1.95. The molecule has 116 valence electrons. The highest BCUT2D eigenvalue weighted by Gasteiger charge is 2.41. The summed E-state index contributed by atoms with van der Waals surface area (Å²) in [5.41, 5.74) is 0.259. The molecule has 1 amide bonds. The van der Waals surface area contributed by atoms with Crippen LogP contribution in [-0.2, 0) is 4.74 Å². The van der Waals surface area contributed by atoms with Gasteiger partial charge < -0.3 is 4.74 Å². The van der Waals surface area contributed by atoms with Crippen LogP contribution in [0.3, 0.4) is 0 Å². The molecule has 3 rings (SSSR count). The third-order valence-electron chi connectivity index (χ3n) is 3.45. The first-order valence-electron chi connectivity index (χ1n) is 7.24. The number of likely N-dealkylation sites (tertiary alicyclic amines) is 1. The predicted octanol–water partition coefficient (Wildman–Crippen LogP) is 3.49. The first kappa shape index (κ1) is 15.0. The Balaban J connectivity index is 1.76. The number of ether oxygens (including phenoxy) is 1. The topological polar surface area (TPSA) is 59.5 Å². The van der Waals surface area contributed by atoms with Crippen LogP contribution < -0.4 is 0 Å². The van der Waals surface area contributed by atoms with E-state index in [-0.39, 0.29) is 5.78 Å². The number of fused-ring (bicyclic) bond motifs is 1. The summed E-state index contributed by atoms with van der Waals surface area (Å²) in [6.07, 6.45) is 0.229. The van der Waals surface area contributed by atoms with Crippen molar-refractivity contribution in [3.05, 3.63) is 29.3 Å². The highest BCUT2D eigenvalue weighted by molar-refractivity contribution is 7.20. The normalized spacial score (nSPS) is 18.1. The van der Waals surface area contributed by atoms with Crippen LogP contribution in [0.5, 0.6) is 0 Å². The Bertz CT molecular complexity index is 699. The number of nitrogens with zero attached hydrogens (tertiary/aromatic N) is 2. The van der Waals surface area contributed by atoms with E-state index in [2.05, 4.69) is 4.98 Å². The van der Waals surface area contributed by atoms with Gasteiger partial charge in [-0.25, -0.2) is 9.78 Å². The largest absolute Gasteiger partial charge is 0.444 e.